The normalized spacial score (nSPS) is 19.7. The van der Waals surface area contributed by atoms with Gasteiger partial charge >= 0.3 is 0 Å². The number of piperazine rings is 1. The first-order chi connectivity index (χ1) is 8.60. The van der Waals surface area contributed by atoms with Gasteiger partial charge in [0.05, 0.1) is 0 Å². The van der Waals surface area contributed by atoms with Gasteiger partial charge in [-0.3, -0.25) is 9.59 Å². The molecule has 0 aliphatic carbocycles. The van der Waals surface area contributed by atoms with Crippen LogP contribution in [0.3, 0.4) is 0 Å². The van der Waals surface area contributed by atoms with E-state index < -0.39 is 0 Å². The van der Waals surface area contributed by atoms with Crippen molar-refractivity contribution in [3.05, 3.63) is 0 Å². The van der Waals surface area contributed by atoms with Crippen molar-refractivity contribution >= 4 is 11.8 Å². The summed E-state index contributed by atoms with van der Waals surface area (Å²) in [5.41, 5.74) is 0. The Morgan fingerprint density at radius 3 is 2.50 bits per heavy atom. The van der Waals surface area contributed by atoms with Crippen LogP contribution in [0.5, 0.6) is 0 Å². The van der Waals surface area contributed by atoms with E-state index in [9.17, 15) is 9.59 Å². The Labute approximate surface area is 110 Å². The Morgan fingerprint density at radius 2 is 1.94 bits per heavy atom. The van der Waals surface area contributed by atoms with Crippen molar-refractivity contribution in [1.82, 2.24) is 15.1 Å². The van der Waals surface area contributed by atoms with Crippen molar-refractivity contribution in [2.24, 2.45) is 0 Å². The zero-order valence-corrected chi connectivity index (χ0v) is 11.7. The van der Waals surface area contributed by atoms with E-state index in [0.29, 0.717) is 25.9 Å². The van der Waals surface area contributed by atoms with Crippen LogP contribution >= 0.6 is 0 Å². The number of nitrogens with zero attached hydrogens (tertiary/aromatic N) is 2. The lowest BCUT2D eigenvalue weighted by atomic mass is 10.1. The second-order valence-corrected chi connectivity index (χ2v) is 4.71. The minimum Gasteiger partial charge on any atom is -0.343 e. The summed E-state index contributed by atoms with van der Waals surface area (Å²) < 4.78 is 0. The molecule has 1 rings (SSSR count). The van der Waals surface area contributed by atoms with Gasteiger partial charge in [0, 0.05) is 51.6 Å². The number of carbonyl (C=O) groups is 2. The molecular weight excluding hydrogens is 230 g/mol. The molecule has 1 atom stereocenters. The Hall–Kier alpha value is -1.10. The third-order valence-electron chi connectivity index (χ3n) is 3.49. The molecule has 1 saturated heterocycles. The minimum atomic E-state index is 0.0798. The van der Waals surface area contributed by atoms with Crippen molar-refractivity contribution in [1.29, 1.82) is 0 Å². The van der Waals surface area contributed by atoms with Crippen LogP contribution in [0.1, 0.15) is 33.6 Å². The van der Waals surface area contributed by atoms with Gasteiger partial charge < -0.3 is 15.1 Å². The van der Waals surface area contributed by atoms with Gasteiger partial charge in [0.2, 0.25) is 11.8 Å². The smallest absolute Gasteiger partial charge is 0.223 e. The SMILES string of the molecule is CCN(CC)C(=O)CCC(=O)N1CCNC[C@@H]1C. The van der Waals surface area contributed by atoms with Gasteiger partial charge in [-0.2, -0.15) is 0 Å². The molecule has 0 unspecified atom stereocenters. The maximum absolute atomic E-state index is 12.0. The molecule has 0 bridgehead atoms. The maximum atomic E-state index is 12.0. The van der Waals surface area contributed by atoms with Crippen LogP contribution in [0.4, 0.5) is 0 Å². The van der Waals surface area contributed by atoms with E-state index in [1.807, 2.05) is 25.7 Å². The second-order valence-electron chi connectivity index (χ2n) is 4.71. The van der Waals surface area contributed by atoms with E-state index in [-0.39, 0.29) is 17.9 Å². The van der Waals surface area contributed by atoms with Gasteiger partial charge in [-0.1, -0.05) is 0 Å². The van der Waals surface area contributed by atoms with E-state index in [0.717, 1.165) is 19.6 Å². The zero-order chi connectivity index (χ0) is 13.5. The fourth-order valence-corrected chi connectivity index (χ4v) is 2.30. The van der Waals surface area contributed by atoms with E-state index in [1.165, 1.54) is 0 Å². The lowest BCUT2D eigenvalue weighted by Crippen LogP contribution is -2.52. The molecule has 1 N–H and O–H groups in total. The van der Waals surface area contributed by atoms with E-state index in [2.05, 4.69) is 5.32 Å². The predicted octanol–water partition coefficient (Wildman–Crippen LogP) is 0.455. The summed E-state index contributed by atoms with van der Waals surface area (Å²) in [5.74, 6) is 0.181. The zero-order valence-electron chi connectivity index (χ0n) is 11.7. The minimum absolute atomic E-state index is 0.0798. The lowest BCUT2D eigenvalue weighted by Gasteiger charge is -2.34. The van der Waals surface area contributed by atoms with Gasteiger partial charge in [-0.05, 0) is 20.8 Å². The first-order valence-corrected chi connectivity index (χ1v) is 6.88. The monoisotopic (exact) mass is 255 g/mol. The highest BCUT2D eigenvalue weighted by Gasteiger charge is 2.23. The standard InChI is InChI=1S/C13H25N3O2/c1-4-15(5-2)12(17)6-7-13(18)16-9-8-14-10-11(16)3/h11,14H,4-10H2,1-3H3/t11-/m0/s1. The van der Waals surface area contributed by atoms with Crippen molar-refractivity contribution in [3.63, 3.8) is 0 Å². The molecule has 0 aromatic carbocycles. The van der Waals surface area contributed by atoms with Gasteiger partial charge in [0.25, 0.3) is 0 Å². The average Bonchev–Trinajstić information content (AvgIpc) is 2.38. The molecular formula is C13H25N3O2. The maximum Gasteiger partial charge on any atom is 0.223 e. The molecule has 1 heterocycles. The molecule has 1 aliphatic heterocycles. The molecule has 5 heteroatoms. The summed E-state index contributed by atoms with van der Waals surface area (Å²) >= 11 is 0. The molecule has 0 aromatic heterocycles. The number of amides is 2. The van der Waals surface area contributed by atoms with Crippen molar-refractivity contribution in [2.45, 2.75) is 39.7 Å². The summed E-state index contributed by atoms with van der Waals surface area (Å²) in [4.78, 5) is 27.5. The molecule has 1 fully saturated rings. The molecule has 0 aromatic rings. The van der Waals surface area contributed by atoms with Crippen molar-refractivity contribution < 1.29 is 9.59 Å². The Kier molecular flexibility index (Phi) is 6.12. The lowest BCUT2D eigenvalue weighted by molar-refractivity contribution is -0.138. The van der Waals surface area contributed by atoms with Gasteiger partial charge in [0.1, 0.15) is 0 Å². The number of nitrogens with one attached hydrogen (secondary N) is 1. The second kappa shape index (κ2) is 7.36. The summed E-state index contributed by atoms with van der Waals surface area (Å²) in [5, 5.41) is 3.25. The number of hydrogen-bond acceptors (Lipinski definition) is 3. The number of hydrogen-bond donors (Lipinski definition) is 1. The first-order valence-electron chi connectivity index (χ1n) is 6.88. The van der Waals surface area contributed by atoms with E-state index >= 15 is 0 Å². The fraction of sp³-hybridized carbons (Fsp3) is 0.846. The first kappa shape index (κ1) is 15.0. The van der Waals surface area contributed by atoms with Crippen LogP contribution in [0.15, 0.2) is 0 Å². The van der Waals surface area contributed by atoms with Gasteiger partial charge in [-0.15, -0.1) is 0 Å². The van der Waals surface area contributed by atoms with Gasteiger partial charge in [-0.25, -0.2) is 0 Å². The average molecular weight is 255 g/mol. The van der Waals surface area contributed by atoms with Crippen LogP contribution < -0.4 is 5.32 Å². The highest BCUT2D eigenvalue weighted by molar-refractivity contribution is 5.84. The molecule has 2 amide bonds. The summed E-state index contributed by atoms with van der Waals surface area (Å²) in [6, 6.07) is 0.231. The molecule has 0 saturated carbocycles. The quantitative estimate of drug-likeness (QED) is 0.776. The number of carbonyl (C=O) groups excluding carboxylic acids is 2. The highest BCUT2D eigenvalue weighted by atomic mass is 16.2. The molecule has 0 spiro atoms. The predicted molar refractivity (Wildman–Crippen MR) is 71.2 cm³/mol. The third-order valence-corrected chi connectivity index (χ3v) is 3.49. The van der Waals surface area contributed by atoms with Crippen molar-refractivity contribution in [2.75, 3.05) is 32.7 Å². The molecule has 104 valence electrons. The fourth-order valence-electron chi connectivity index (χ4n) is 2.30. The van der Waals surface area contributed by atoms with E-state index in [1.54, 1.807) is 4.90 Å². The molecule has 0 radical (unpaired) electrons. The molecule has 1 aliphatic rings. The summed E-state index contributed by atoms with van der Waals surface area (Å²) in [7, 11) is 0. The van der Waals surface area contributed by atoms with E-state index in [4.69, 9.17) is 0 Å². The van der Waals surface area contributed by atoms with Gasteiger partial charge in [0.15, 0.2) is 0 Å². The van der Waals surface area contributed by atoms with Crippen LogP contribution in [0, 0.1) is 0 Å². The topological polar surface area (TPSA) is 52.7 Å². The summed E-state index contributed by atoms with van der Waals surface area (Å²) in [6.45, 7) is 9.83. The molecule has 5 nitrogen and oxygen atoms in total. The highest BCUT2D eigenvalue weighted by Crippen LogP contribution is 2.07. The Bertz CT molecular complexity index is 290. The Morgan fingerprint density at radius 1 is 1.28 bits per heavy atom. The summed E-state index contributed by atoms with van der Waals surface area (Å²) in [6.07, 6.45) is 0.664. The van der Waals surface area contributed by atoms with Crippen LogP contribution in [-0.2, 0) is 9.59 Å². The third kappa shape index (κ3) is 3.98. The largest absolute Gasteiger partial charge is 0.343 e. The Balaban J connectivity index is 2.38. The van der Waals surface area contributed by atoms with Crippen molar-refractivity contribution in [3.8, 4) is 0 Å². The number of rotatable bonds is 5. The van der Waals surface area contributed by atoms with Crippen LogP contribution in [-0.4, -0.2) is 60.4 Å². The van der Waals surface area contributed by atoms with Crippen LogP contribution in [0.25, 0.3) is 0 Å². The molecule has 18 heavy (non-hydrogen) atoms. The van der Waals surface area contributed by atoms with Crippen LogP contribution in [0.2, 0.25) is 0 Å².